The van der Waals surface area contributed by atoms with Gasteiger partial charge in [-0.2, -0.15) is 0 Å². The summed E-state index contributed by atoms with van der Waals surface area (Å²) in [7, 11) is 1.59. The molecule has 2 N–H and O–H groups in total. The molecular weight excluding hydrogens is 288 g/mol. The van der Waals surface area contributed by atoms with Crippen molar-refractivity contribution in [2.75, 3.05) is 12.4 Å². The highest BCUT2D eigenvalue weighted by atomic mass is 16.2. The Kier molecular flexibility index (Phi) is 5.69. The number of anilines is 1. The molecule has 0 aromatic heterocycles. The molecule has 0 aliphatic carbocycles. The number of nitrogens with one attached hydrogen (secondary N) is 2. The monoisotopic (exact) mass is 308 g/mol. The van der Waals surface area contributed by atoms with Crippen LogP contribution in [0.1, 0.15) is 28.4 Å². The Hall–Kier alpha value is -2.88. The van der Waals surface area contributed by atoms with Gasteiger partial charge in [-0.3, -0.25) is 9.59 Å². The molecule has 2 aromatic rings. The molecule has 0 bridgehead atoms. The van der Waals surface area contributed by atoms with Crippen molar-refractivity contribution >= 4 is 23.6 Å². The summed E-state index contributed by atoms with van der Waals surface area (Å²) in [6.45, 7) is 2.05. The van der Waals surface area contributed by atoms with E-state index < -0.39 is 0 Å². The first-order chi connectivity index (χ1) is 11.1. The lowest BCUT2D eigenvalue weighted by Gasteiger charge is -2.07. The molecule has 0 fully saturated rings. The lowest BCUT2D eigenvalue weighted by molar-refractivity contribution is -0.111. The topological polar surface area (TPSA) is 58.2 Å². The number of carbonyl (C=O) groups is 2. The Bertz CT molecular complexity index is 718. The van der Waals surface area contributed by atoms with Gasteiger partial charge in [0.15, 0.2) is 0 Å². The van der Waals surface area contributed by atoms with Crippen molar-refractivity contribution in [3.8, 4) is 0 Å². The molecule has 4 nitrogen and oxygen atoms in total. The highest BCUT2D eigenvalue weighted by molar-refractivity contribution is 6.02. The first kappa shape index (κ1) is 16.5. The largest absolute Gasteiger partial charge is 0.355 e. The molecule has 0 saturated heterocycles. The maximum Gasteiger partial charge on any atom is 0.251 e. The minimum Gasteiger partial charge on any atom is -0.355 e. The molecule has 4 heteroatoms. The van der Waals surface area contributed by atoms with E-state index >= 15 is 0 Å². The number of carbonyl (C=O) groups excluding carboxylic acids is 2. The lowest BCUT2D eigenvalue weighted by atomic mass is 10.1. The molecule has 0 aliphatic rings. The van der Waals surface area contributed by atoms with Crippen LogP contribution >= 0.6 is 0 Å². The Morgan fingerprint density at radius 3 is 2.39 bits per heavy atom. The van der Waals surface area contributed by atoms with E-state index in [0.717, 1.165) is 23.2 Å². The molecule has 0 atom stereocenters. The van der Waals surface area contributed by atoms with Crippen LogP contribution < -0.4 is 10.6 Å². The second-order valence-corrected chi connectivity index (χ2v) is 5.03. The summed E-state index contributed by atoms with van der Waals surface area (Å²) in [5, 5.41) is 5.45. The SMILES string of the molecule is CCc1ccccc1NC(=O)/C=C/c1ccc(C(=O)NC)cc1. The number of rotatable bonds is 5. The van der Waals surface area contributed by atoms with Crippen molar-refractivity contribution in [3.63, 3.8) is 0 Å². The fourth-order valence-corrected chi connectivity index (χ4v) is 2.19. The number of aryl methyl sites for hydroxylation is 1. The van der Waals surface area contributed by atoms with Crippen LogP contribution in [0.5, 0.6) is 0 Å². The maximum absolute atomic E-state index is 12.0. The molecule has 0 aliphatic heterocycles. The van der Waals surface area contributed by atoms with Gasteiger partial charge in [0.1, 0.15) is 0 Å². The standard InChI is InChI=1S/C19H20N2O2/c1-3-15-6-4-5-7-17(15)21-18(22)13-10-14-8-11-16(12-9-14)19(23)20-2/h4-13H,3H2,1-2H3,(H,20,23)(H,21,22)/b13-10+. The van der Waals surface area contributed by atoms with Crippen LogP contribution in [-0.4, -0.2) is 18.9 Å². The van der Waals surface area contributed by atoms with E-state index in [1.165, 1.54) is 6.08 Å². The minimum absolute atomic E-state index is 0.130. The van der Waals surface area contributed by atoms with E-state index in [0.29, 0.717) is 5.56 Å². The summed E-state index contributed by atoms with van der Waals surface area (Å²) >= 11 is 0. The molecule has 118 valence electrons. The summed E-state index contributed by atoms with van der Waals surface area (Å²) in [6.07, 6.45) is 4.07. The van der Waals surface area contributed by atoms with Crippen LogP contribution in [0.2, 0.25) is 0 Å². The van der Waals surface area contributed by atoms with Gasteiger partial charge in [0.2, 0.25) is 5.91 Å². The predicted octanol–water partition coefficient (Wildman–Crippen LogP) is 3.26. The van der Waals surface area contributed by atoms with Crippen molar-refractivity contribution in [2.24, 2.45) is 0 Å². The zero-order valence-corrected chi connectivity index (χ0v) is 13.3. The maximum atomic E-state index is 12.0. The van der Waals surface area contributed by atoms with E-state index in [-0.39, 0.29) is 11.8 Å². The molecule has 0 heterocycles. The summed E-state index contributed by atoms with van der Waals surface area (Å²) < 4.78 is 0. The van der Waals surface area contributed by atoms with E-state index in [9.17, 15) is 9.59 Å². The number of amides is 2. The molecule has 0 unspecified atom stereocenters. The van der Waals surface area contributed by atoms with Crippen molar-refractivity contribution in [1.82, 2.24) is 5.32 Å². The molecule has 2 rings (SSSR count). The van der Waals surface area contributed by atoms with E-state index in [2.05, 4.69) is 17.6 Å². The third-order valence-electron chi connectivity index (χ3n) is 3.48. The van der Waals surface area contributed by atoms with Gasteiger partial charge < -0.3 is 10.6 Å². The smallest absolute Gasteiger partial charge is 0.251 e. The summed E-state index contributed by atoms with van der Waals surface area (Å²) in [4.78, 5) is 23.5. The van der Waals surface area contributed by atoms with Gasteiger partial charge in [0, 0.05) is 24.4 Å². The molecule has 2 aromatic carbocycles. The Labute approximate surface area is 136 Å². The van der Waals surface area contributed by atoms with E-state index in [4.69, 9.17) is 0 Å². The number of benzene rings is 2. The first-order valence-corrected chi connectivity index (χ1v) is 7.53. The average Bonchev–Trinajstić information content (AvgIpc) is 2.60. The zero-order chi connectivity index (χ0) is 16.7. The van der Waals surface area contributed by atoms with Crippen LogP contribution in [-0.2, 0) is 11.2 Å². The number of hydrogen-bond acceptors (Lipinski definition) is 2. The Balaban J connectivity index is 2.02. The molecule has 0 saturated carbocycles. The van der Waals surface area contributed by atoms with Gasteiger partial charge in [-0.05, 0) is 41.8 Å². The van der Waals surface area contributed by atoms with Crippen LogP contribution in [0.15, 0.2) is 54.6 Å². The van der Waals surface area contributed by atoms with Gasteiger partial charge in [0.05, 0.1) is 0 Å². The number of hydrogen-bond donors (Lipinski definition) is 2. The molecule has 0 radical (unpaired) electrons. The lowest BCUT2D eigenvalue weighted by Crippen LogP contribution is -2.17. The second kappa shape index (κ2) is 7.94. The normalized spacial score (nSPS) is 10.5. The minimum atomic E-state index is -0.179. The van der Waals surface area contributed by atoms with Crippen molar-refractivity contribution in [1.29, 1.82) is 0 Å². The van der Waals surface area contributed by atoms with E-state index in [1.54, 1.807) is 37.4 Å². The summed E-state index contributed by atoms with van der Waals surface area (Å²) in [5.74, 6) is -0.310. The fraction of sp³-hybridized carbons (Fsp3) is 0.158. The molecular formula is C19H20N2O2. The molecule has 2 amide bonds. The zero-order valence-electron chi connectivity index (χ0n) is 13.3. The summed E-state index contributed by atoms with van der Waals surface area (Å²) in [5.41, 5.74) is 3.38. The number of para-hydroxylation sites is 1. The highest BCUT2D eigenvalue weighted by Gasteiger charge is 2.03. The van der Waals surface area contributed by atoms with Crippen LogP contribution in [0, 0.1) is 0 Å². The van der Waals surface area contributed by atoms with Gasteiger partial charge in [0.25, 0.3) is 5.91 Å². The summed E-state index contributed by atoms with van der Waals surface area (Å²) in [6, 6.07) is 14.8. The first-order valence-electron chi connectivity index (χ1n) is 7.53. The van der Waals surface area contributed by atoms with Crippen molar-refractivity contribution in [3.05, 3.63) is 71.3 Å². The van der Waals surface area contributed by atoms with Gasteiger partial charge in [-0.1, -0.05) is 37.3 Å². The van der Waals surface area contributed by atoms with Crippen molar-refractivity contribution in [2.45, 2.75) is 13.3 Å². The van der Waals surface area contributed by atoms with E-state index in [1.807, 2.05) is 24.3 Å². The molecule has 0 spiro atoms. The third kappa shape index (κ3) is 4.54. The third-order valence-corrected chi connectivity index (χ3v) is 3.48. The molecule has 23 heavy (non-hydrogen) atoms. The Morgan fingerprint density at radius 1 is 1.04 bits per heavy atom. The van der Waals surface area contributed by atoms with Crippen molar-refractivity contribution < 1.29 is 9.59 Å². The van der Waals surface area contributed by atoms with Crippen LogP contribution in [0.4, 0.5) is 5.69 Å². The highest BCUT2D eigenvalue weighted by Crippen LogP contribution is 2.15. The van der Waals surface area contributed by atoms with Crippen LogP contribution in [0.25, 0.3) is 6.08 Å². The van der Waals surface area contributed by atoms with Gasteiger partial charge in [-0.15, -0.1) is 0 Å². The second-order valence-electron chi connectivity index (χ2n) is 5.03. The fourth-order valence-electron chi connectivity index (χ4n) is 2.19. The average molecular weight is 308 g/mol. The van der Waals surface area contributed by atoms with Gasteiger partial charge in [-0.25, -0.2) is 0 Å². The van der Waals surface area contributed by atoms with Gasteiger partial charge >= 0.3 is 0 Å². The quantitative estimate of drug-likeness (QED) is 0.833. The predicted molar refractivity (Wildman–Crippen MR) is 93.3 cm³/mol. The Morgan fingerprint density at radius 2 is 1.74 bits per heavy atom. The van der Waals surface area contributed by atoms with Crippen LogP contribution in [0.3, 0.4) is 0 Å².